The number of aromatic nitrogens is 1. The van der Waals surface area contributed by atoms with Crippen LogP contribution in [0.25, 0.3) is 0 Å². The number of pyridine rings is 1. The minimum absolute atomic E-state index is 0. The lowest BCUT2D eigenvalue weighted by molar-refractivity contribution is 0.00629. The summed E-state index contributed by atoms with van der Waals surface area (Å²) in [6, 6.07) is 8.67. The third-order valence-corrected chi connectivity index (χ3v) is 6.39. The molecule has 1 aliphatic rings. The van der Waals surface area contributed by atoms with Crippen LogP contribution in [0.4, 0.5) is 11.5 Å². The molecule has 190 valence electrons. The van der Waals surface area contributed by atoms with E-state index >= 15 is 0 Å². The van der Waals surface area contributed by atoms with Gasteiger partial charge in [0, 0.05) is 46.1 Å². The Morgan fingerprint density at radius 2 is 2.20 bits per heavy atom. The molecule has 2 atom stereocenters. The normalized spacial score (nSPS) is 17.7. The summed E-state index contributed by atoms with van der Waals surface area (Å²) in [6.07, 6.45) is 3.21. The van der Waals surface area contributed by atoms with E-state index in [1.165, 1.54) is 13.2 Å². The van der Waals surface area contributed by atoms with Crippen LogP contribution in [-0.2, 0) is 4.74 Å². The van der Waals surface area contributed by atoms with Crippen LogP contribution in [0.2, 0.25) is 5.02 Å². The molecule has 35 heavy (non-hydrogen) atoms. The number of nitrogens with zero attached hydrogens (tertiary/aromatic N) is 4. The minimum atomic E-state index is -0.274. The van der Waals surface area contributed by atoms with Crippen LogP contribution in [0.1, 0.15) is 28.8 Å². The van der Waals surface area contributed by atoms with Crippen molar-refractivity contribution in [3.63, 3.8) is 0 Å². The highest BCUT2D eigenvalue weighted by atomic mass is 35.5. The summed E-state index contributed by atoms with van der Waals surface area (Å²) < 4.78 is 11.0. The molecule has 2 heterocycles. The summed E-state index contributed by atoms with van der Waals surface area (Å²) in [6.45, 7) is 3.19. The first kappa shape index (κ1) is 28.1. The van der Waals surface area contributed by atoms with Crippen LogP contribution >= 0.6 is 11.6 Å². The lowest BCUT2D eigenvalue weighted by Crippen LogP contribution is -2.55. The van der Waals surface area contributed by atoms with E-state index in [0.29, 0.717) is 39.9 Å². The van der Waals surface area contributed by atoms with Gasteiger partial charge in [-0.15, -0.1) is 0 Å². The molecule has 5 N–H and O–H groups in total. The van der Waals surface area contributed by atoms with Crippen LogP contribution in [0.5, 0.6) is 5.75 Å². The second-order valence-corrected chi connectivity index (χ2v) is 8.69. The Morgan fingerprint density at radius 3 is 2.89 bits per heavy atom. The number of nitriles is 1. The van der Waals surface area contributed by atoms with Gasteiger partial charge in [-0.2, -0.15) is 5.26 Å². The maximum Gasteiger partial charge on any atom is 0.255 e. The molecule has 1 amide bonds. The summed E-state index contributed by atoms with van der Waals surface area (Å²) in [4.78, 5) is 21.6. The van der Waals surface area contributed by atoms with Crippen molar-refractivity contribution in [1.29, 1.82) is 5.26 Å². The smallest absolute Gasteiger partial charge is 0.255 e. The fraction of sp³-hybridized carbons (Fsp3) is 0.458. The van der Waals surface area contributed by atoms with E-state index in [4.69, 9.17) is 26.8 Å². The fourth-order valence-corrected chi connectivity index (χ4v) is 4.34. The fourth-order valence-electron chi connectivity index (χ4n) is 4.17. The molecule has 1 saturated heterocycles. The van der Waals surface area contributed by atoms with Gasteiger partial charge in [0.25, 0.3) is 5.91 Å². The van der Waals surface area contributed by atoms with Crippen molar-refractivity contribution < 1.29 is 19.7 Å². The number of hydrogen-bond acceptors (Lipinski definition) is 8. The van der Waals surface area contributed by atoms with Crippen molar-refractivity contribution in [2.75, 3.05) is 58.1 Å². The number of piperidine rings is 1. The van der Waals surface area contributed by atoms with Gasteiger partial charge in [-0.1, -0.05) is 11.6 Å². The van der Waals surface area contributed by atoms with Gasteiger partial charge >= 0.3 is 0 Å². The lowest BCUT2D eigenvalue weighted by Gasteiger charge is -2.38. The second-order valence-electron chi connectivity index (χ2n) is 8.28. The maximum absolute atomic E-state index is 12.9. The zero-order valence-electron chi connectivity index (χ0n) is 20.3. The van der Waals surface area contributed by atoms with E-state index < -0.39 is 0 Å². The zero-order valence-corrected chi connectivity index (χ0v) is 21.0. The molecule has 1 aromatic carbocycles. The van der Waals surface area contributed by atoms with E-state index in [9.17, 15) is 10.1 Å². The van der Waals surface area contributed by atoms with E-state index in [0.717, 1.165) is 32.5 Å². The molecule has 0 saturated carbocycles. The van der Waals surface area contributed by atoms with Crippen LogP contribution < -0.4 is 20.7 Å². The number of rotatable bonds is 9. The number of nitrogen functional groups attached to an aromatic ring is 1. The van der Waals surface area contributed by atoms with Crippen LogP contribution in [0.15, 0.2) is 30.5 Å². The number of ether oxygens (including phenoxy) is 2. The van der Waals surface area contributed by atoms with Gasteiger partial charge in [0.1, 0.15) is 17.6 Å². The number of halogens is 1. The van der Waals surface area contributed by atoms with Crippen LogP contribution in [0.3, 0.4) is 0 Å². The summed E-state index contributed by atoms with van der Waals surface area (Å²) in [7, 11) is 5.09. The lowest BCUT2D eigenvalue weighted by atomic mass is 10.0. The van der Waals surface area contributed by atoms with Crippen LogP contribution in [0, 0.1) is 11.3 Å². The molecule has 0 unspecified atom stereocenters. The highest BCUT2D eigenvalue weighted by molar-refractivity contribution is 6.33. The van der Waals surface area contributed by atoms with Gasteiger partial charge in [0.15, 0.2) is 0 Å². The first-order valence-corrected chi connectivity index (χ1v) is 11.5. The highest BCUT2D eigenvalue weighted by Gasteiger charge is 2.31. The van der Waals surface area contributed by atoms with Gasteiger partial charge < -0.3 is 35.8 Å². The molecule has 1 aliphatic heterocycles. The molecule has 1 aromatic heterocycles. The van der Waals surface area contributed by atoms with Crippen molar-refractivity contribution in [2.45, 2.75) is 25.0 Å². The number of amides is 1. The summed E-state index contributed by atoms with van der Waals surface area (Å²) in [5, 5.41) is 12.7. The standard InChI is InChI=1S/C24H31ClN6O3.H2O/c1-30(23-16(14-26)6-4-8-28-23)9-5-10-31-11-7-20(22(15-31)34-3)29-24(32)17-12-18(25)19(27)13-21(17)33-2;/h4,6,8,12-13,20,22H,5,7,9-11,15,27H2,1-3H3,(H,29,32);1H2/t20-,22+;/m1./s1. The number of carbonyl (C=O) groups is 1. The van der Waals surface area contributed by atoms with Crippen molar-refractivity contribution in [3.8, 4) is 11.8 Å². The molecule has 1 fully saturated rings. The zero-order chi connectivity index (χ0) is 24.7. The minimum Gasteiger partial charge on any atom is -0.496 e. The van der Waals surface area contributed by atoms with Crippen LogP contribution in [-0.4, -0.2) is 80.9 Å². The summed E-state index contributed by atoms with van der Waals surface area (Å²) in [5.74, 6) is 0.798. The van der Waals surface area contributed by atoms with E-state index in [-0.39, 0.29) is 23.5 Å². The Labute approximate surface area is 210 Å². The third-order valence-electron chi connectivity index (χ3n) is 6.06. The number of anilines is 2. The number of carbonyl (C=O) groups excluding carboxylic acids is 1. The largest absolute Gasteiger partial charge is 0.496 e. The monoisotopic (exact) mass is 504 g/mol. The van der Waals surface area contributed by atoms with Gasteiger partial charge in [0.2, 0.25) is 0 Å². The average Bonchev–Trinajstić information content (AvgIpc) is 2.85. The Bertz CT molecular complexity index is 1050. The predicted molar refractivity (Wildman–Crippen MR) is 136 cm³/mol. The Hall–Kier alpha value is -3.10. The molecule has 10 nitrogen and oxygen atoms in total. The number of benzene rings is 1. The number of nitrogens with one attached hydrogen (secondary N) is 1. The van der Waals surface area contributed by atoms with Gasteiger partial charge in [-0.25, -0.2) is 4.98 Å². The topological polar surface area (TPSA) is 148 Å². The van der Waals surface area contributed by atoms with Crippen molar-refractivity contribution in [1.82, 2.24) is 15.2 Å². The first-order chi connectivity index (χ1) is 16.4. The SMILES string of the molecule is COc1cc(N)c(Cl)cc1C(=O)N[C@@H]1CCN(CCCN(C)c2ncccc2C#N)C[C@@H]1OC.O. The molecule has 0 spiro atoms. The Morgan fingerprint density at radius 1 is 1.43 bits per heavy atom. The Kier molecular flexibility index (Phi) is 10.5. The molecule has 11 heteroatoms. The molecule has 0 bridgehead atoms. The summed E-state index contributed by atoms with van der Waals surface area (Å²) in [5.41, 5.74) is 7.09. The second kappa shape index (κ2) is 13.1. The average molecular weight is 505 g/mol. The number of methoxy groups -OCH3 is 2. The van der Waals surface area contributed by atoms with E-state index in [1.54, 1.807) is 31.5 Å². The number of nitrogens with two attached hydrogens (primary N) is 1. The summed E-state index contributed by atoms with van der Waals surface area (Å²) >= 11 is 6.12. The quantitative estimate of drug-likeness (QED) is 0.490. The number of hydrogen-bond donors (Lipinski definition) is 2. The van der Waals surface area contributed by atoms with Crippen molar-refractivity contribution >= 4 is 29.0 Å². The maximum atomic E-state index is 12.9. The Balaban J connectivity index is 0.00000432. The molecular formula is C24H33ClN6O4. The molecule has 3 rings (SSSR count). The van der Waals surface area contributed by atoms with Crippen molar-refractivity contribution in [2.24, 2.45) is 0 Å². The van der Waals surface area contributed by atoms with E-state index in [2.05, 4.69) is 21.3 Å². The van der Waals surface area contributed by atoms with E-state index in [1.807, 2.05) is 11.9 Å². The highest BCUT2D eigenvalue weighted by Crippen LogP contribution is 2.29. The third kappa shape index (κ3) is 6.96. The van der Waals surface area contributed by atoms with Gasteiger partial charge in [-0.05, 0) is 37.6 Å². The molecule has 2 aromatic rings. The molecular weight excluding hydrogens is 472 g/mol. The van der Waals surface area contributed by atoms with Crippen molar-refractivity contribution in [3.05, 3.63) is 46.6 Å². The molecule has 0 radical (unpaired) electrons. The first-order valence-electron chi connectivity index (χ1n) is 11.1. The number of likely N-dealkylation sites (tertiary alicyclic amines) is 1. The van der Waals surface area contributed by atoms with Gasteiger partial charge in [-0.3, -0.25) is 4.79 Å². The molecule has 0 aliphatic carbocycles. The predicted octanol–water partition coefficient (Wildman–Crippen LogP) is 1.72. The van der Waals surface area contributed by atoms with Gasteiger partial charge in [0.05, 0.1) is 41.1 Å².